The molecule has 4 heterocycles. The zero-order valence-electron chi connectivity index (χ0n) is 46.2. The first kappa shape index (κ1) is 60.5. The van der Waals surface area contributed by atoms with Crippen LogP contribution >= 0.6 is 0 Å². The largest absolute Gasteiger partial charge is 0.396 e. The summed E-state index contributed by atoms with van der Waals surface area (Å²) in [7, 11) is 1.78. The molecule has 0 aromatic rings. The molecule has 0 aromatic heterocycles. The van der Waals surface area contributed by atoms with E-state index in [1.165, 1.54) is 19.4 Å². The van der Waals surface area contributed by atoms with E-state index in [0.29, 0.717) is 12.8 Å². The standard InChI is InChI=1S/C55H92O22/c1-24-33(60)36(63)39(66)46(70-24)75-42-30(21-57)73-48(41(68)38(42)65)76-43-34(61)25(2)71-49(44(43)77-47-40(67)37(64)35(62)29(20-56)72-47)74-32-11-12-51(5)31(52(32,6)22-58)10-13-54(8)45(51)28(69-9)18-26-27-19-50(3,4)14-16-55(27,23-59)17-15-53(26,54)7/h18,24-25,27-49,56-68H,10-17,19-23H2,1-9H3/t24-,25+,27+,28-,29+,30+,31-,32+,33-,34-,35+,36+,37-,38+,39+,40+,41+,42+,43-,44+,45+,46-,47-,48-,49-,51+,52-,53+,54+,55+/m0/s1. The number of hydrogen-bond acceptors (Lipinski definition) is 22. The van der Waals surface area contributed by atoms with E-state index in [0.717, 1.165) is 44.9 Å². The lowest BCUT2D eigenvalue weighted by Crippen LogP contribution is -2.69. The van der Waals surface area contributed by atoms with Crippen molar-refractivity contribution in [2.45, 2.75) is 248 Å². The Kier molecular flexibility index (Phi) is 17.4. The van der Waals surface area contributed by atoms with Crippen LogP contribution in [0.5, 0.6) is 0 Å². The molecule has 9 rings (SSSR count). The molecule has 77 heavy (non-hydrogen) atoms. The van der Waals surface area contributed by atoms with Crippen LogP contribution in [0.15, 0.2) is 11.6 Å². The molecule has 8 fully saturated rings. The van der Waals surface area contributed by atoms with Crippen LogP contribution in [0.25, 0.3) is 0 Å². The van der Waals surface area contributed by atoms with Gasteiger partial charge in [-0.2, -0.15) is 0 Å². The quantitative estimate of drug-likeness (QED) is 0.0784. The molecule has 4 aliphatic heterocycles. The van der Waals surface area contributed by atoms with Crippen LogP contribution in [0.2, 0.25) is 0 Å². The van der Waals surface area contributed by atoms with Crippen molar-refractivity contribution in [2.24, 2.45) is 50.2 Å². The molecule has 13 N–H and O–H groups in total. The van der Waals surface area contributed by atoms with E-state index in [4.69, 9.17) is 42.6 Å². The lowest BCUT2D eigenvalue weighted by atomic mass is 9.33. The second kappa shape index (κ2) is 22.1. The maximum absolute atomic E-state index is 12.0. The van der Waals surface area contributed by atoms with Crippen LogP contribution in [-0.4, -0.2) is 235 Å². The summed E-state index contributed by atoms with van der Waals surface area (Å²) in [5.41, 5.74) is -0.390. The maximum atomic E-state index is 12.0. The normalized spacial score (nSPS) is 55.8. The van der Waals surface area contributed by atoms with Crippen LogP contribution < -0.4 is 0 Å². The van der Waals surface area contributed by atoms with Crippen molar-refractivity contribution < 1.29 is 109 Å². The third-order valence-electron chi connectivity index (χ3n) is 21.8. The summed E-state index contributed by atoms with van der Waals surface area (Å²) in [6, 6.07) is 0. The highest BCUT2D eigenvalue weighted by Gasteiger charge is 2.71. The molecule has 0 unspecified atom stereocenters. The number of hydrogen-bond donors (Lipinski definition) is 13. The van der Waals surface area contributed by atoms with Crippen molar-refractivity contribution >= 4 is 0 Å². The summed E-state index contributed by atoms with van der Waals surface area (Å²) in [6.07, 6.45) is -24.1. The molecular weight excluding hydrogens is 1010 g/mol. The number of aliphatic hydroxyl groups is 13. The third kappa shape index (κ3) is 9.85. The van der Waals surface area contributed by atoms with Crippen LogP contribution in [0.3, 0.4) is 0 Å². The van der Waals surface area contributed by atoms with Gasteiger partial charge in [-0.1, -0.05) is 53.2 Å². The zero-order chi connectivity index (χ0) is 56.3. The second-order valence-electron chi connectivity index (χ2n) is 26.5. The van der Waals surface area contributed by atoms with Crippen molar-refractivity contribution in [2.75, 3.05) is 33.5 Å². The average molecular weight is 1110 g/mol. The molecule has 30 atom stereocenters. The van der Waals surface area contributed by atoms with Gasteiger partial charge in [-0.3, -0.25) is 0 Å². The Bertz CT molecular complexity index is 2070. The summed E-state index contributed by atoms with van der Waals surface area (Å²) in [6.45, 7) is 15.0. The van der Waals surface area contributed by atoms with Gasteiger partial charge in [-0.05, 0) is 105 Å². The molecule has 0 aromatic carbocycles. The predicted octanol–water partition coefficient (Wildman–Crippen LogP) is -0.909. The molecule has 0 radical (unpaired) electrons. The SMILES string of the molecule is CO[C@H]1C=C2[C@H]3CC(C)(C)CC[C@]3(CO)CC[C@@]2(C)[C@]2(C)CC[C@@H]3[C@](C)(CO)[C@H](O[C@@H]4O[C@H](C)[C@H](O)[C@H](O[C@@H]5O[C@H](CO)[C@@H](O[C@@H]6O[C@@H](C)[C@H](O)[C@@H](O)[C@H]6O)[C@H](O)[C@H]5O)[C@H]4O[C@@H]4O[C@H](CO)[C@@H](O)[C@H](O)[C@H]4O)CC[C@@]3(C)[C@@H]12. The molecule has 0 spiro atoms. The summed E-state index contributed by atoms with van der Waals surface area (Å²) in [5.74, 6) is 0.102. The van der Waals surface area contributed by atoms with Gasteiger partial charge in [0.2, 0.25) is 0 Å². The minimum atomic E-state index is -2.01. The summed E-state index contributed by atoms with van der Waals surface area (Å²) in [4.78, 5) is 0. The maximum Gasteiger partial charge on any atom is 0.187 e. The minimum Gasteiger partial charge on any atom is -0.396 e. The number of methoxy groups -OCH3 is 1. The van der Waals surface area contributed by atoms with Crippen LogP contribution in [-0.2, 0) is 42.6 Å². The highest BCUT2D eigenvalue weighted by Crippen LogP contribution is 2.76. The van der Waals surface area contributed by atoms with E-state index < -0.39 is 153 Å². The van der Waals surface area contributed by atoms with Gasteiger partial charge >= 0.3 is 0 Å². The number of aliphatic hydroxyl groups excluding tert-OH is 13. The fourth-order valence-electron chi connectivity index (χ4n) is 16.8. The van der Waals surface area contributed by atoms with Crippen LogP contribution in [0, 0.1) is 50.2 Å². The van der Waals surface area contributed by atoms with E-state index >= 15 is 0 Å². The van der Waals surface area contributed by atoms with E-state index in [1.807, 2.05) is 6.92 Å². The van der Waals surface area contributed by atoms with E-state index in [2.05, 4.69) is 40.7 Å². The summed E-state index contributed by atoms with van der Waals surface area (Å²) in [5, 5.41) is 143. The van der Waals surface area contributed by atoms with Gasteiger partial charge in [0.25, 0.3) is 0 Å². The summed E-state index contributed by atoms with van der Waals surface area (Å²) < 4.78 is 56.0. The Morgan fingerprint density at radius 3 is 1.71 bits per heavy atom. The molecule has 5 aliphatic carbocycles. The van der Waals surface area contributed by atoms with Crippen LogP contribution in [0.4, 0.5) is 0 Å². The first-order chi connectivity index (χ1) is 36.1. The number of rotatable bonds is 13. The van der Waals surface area contributed by atoms with Gasteiger partial charge in [0.1, 0.15) is 85.5 Å². The Morgan fingerprint density at radius 2 is 1.09 bits per heavy atom. The van der Waals surface area contributed by atoms with Crippen molar-refractivity contribution in [3.63, 3.8) is 0 Å². The van der Waals surface area contributed by atoms with Crippen LogP contribution in [0.1, 0.15) is 113 Å². The van der Waals surface area contributed by atoms with Gasteiger partial charge in [0.05, 0.1) is 44.2 Å². The zero-order valence-corrected chi connectivity index (χ0v) is 46.2. The Balaban J connectivity index is 1.01. The molecule has 444 valence electrons. The fraction of sp³-hybridized carbons (Fsp3) is 0.964. The number of ether oxygens (including phenoxy) is 9. The Labute approximate surface area is 451 Å². The molecule has 9 aliphatic rings. The molecular formula is C55H92O22. The molecule has 4 saturated carbocycles. The first-order valence-electron chi connectivity index (χ1n) is 28.2. The highest BCUT2D eigenvalue weighted by molar-refractivity contribution is 5.36. The number of fused-ring (bicyclic) bond motifs is 7. The summed E-state index contributed by atoms with van der Waals surface area (Å²) >= 11 is 0. The van der Waals surface area contributed by atoms with E-state index in [9.17, 15) is 66.4 Å². The number of allylic oxidation sites excluding steroid dienone is 1. The molecule has 22 heteroatoms. The average Bonchev–Trinajstić information content (AvgIpc) is 3.41. The van der Waals surface area contributed by atoms with Crippen molar-refractivity contribution in [1.82, 2.24) is 0 Å². The molecule has 0 bridgehead atoms. The van der Waals surface area contributed by atoms with Gasteiger partial charge in [0.15, 0.2) is 25.2 Å². The lowest BCUT2D eigenvalue weighted by molar-refractivity contribution is -0.403. The van der Waals surface area contributed by atoms with Gasteiger partial charge in [0, 0.05) is 30.5 Å². The molecule has 22 nitrogen and oxygen atoms in total. The van der Waals surface area contributed by atoms with E-state index in [1.54, 1.807) is 7.11 Å². The predicted molar refractivity (Wildman–Crippen MR) is 267 cm³/mol. The van der Waals surface area contributed by atoms with Crippen molar-refractivity contribution in [3.05, 3.63) is 11.6 Å². The minimum absolute atomic E-state index is 0.0204. The van der Waals surface area contributed by atoms with Gasteiger partial charge in [-0.25, -0.2) is 0 Å². The van der Waals surface area contributed by atoms with Gasteiger partial charge < -0.3 is 109 Å². The molecule has 0 amide bonds. The highest BCUT2D eigenvalue weighted by atomic mass is 16.8. The van der Waals surface area contributed by atoms with Crippen molar-refractivity contribution in [1.29, 1.82) is 0 Å². The Hall–Kier alpha value is -1.14. The second-order valence-corrected chi connectivity index (χ2v) is 26.5. The lowest BCUT2D eigenvalue weighted by Gasteiger charge is -2.72. The molecule has 4 saturated heterocycles. The van der Waals surface area contributed by atoms with E-state index in [-0.39, 0.29) is 58.7 Å². The first-order valence-corrected chi connectivity index (χ1v) is 28.2. The fourth-order valence-corrected chi connectivity index (χ4v) is 16.8. The third-order valence-corrected chi connectivity index (χ3v) is 21.8. The topological polar surface area (TPSA) is 346 Å². The monoisotopic (exact) mass is 1100 g/mol. The van der Waals surface area contributed by atoms with Gasteiger partial charge in [-0.15, -0.1) is 0 Å². The Morgan fingerprint density at radius 1 is 0.532 bits per heavy atom. The smallest absolute Gasteiger partial charge is 0.187 e. The van der Waals surface area contributed by atoms with Crippen molar-refractivity contribution in [3.8, 4) is 0 Å².